The van der Waals surface area contributed by atoms with E-state index >= 15 is 0 Å². The summed E-state index contributed by atoms with van der Waals surface area (Å²) in [7, 11) is 0. The third-order valence-corrected chi connectivity index (χ3v) is 4.41. The van der Waals surface area contributed by atoms with E-state index in [1.165, 1.54) is 0 Å². The Hall–Kier alpha value is -3.10. The highest BCUT2D eigenvalue weighted by Gasteiger charge is 2.36. The van der Waals surface area contributed by atoms with Crippen LogP contribution in [0.1, 0.15) is 31.9 Å². The molecule has 9 heteroatoms. The lowest BCUT2D eigenvalue weighted by Crippen LogP contribution is -2.47. The lowest BCUT2D eigenvalue weighted by atomic mass is 9.99. The number of halogens is 4. The number of nitrogens with one attached hydrogen (secondary N) is 2. The lowest BCUT2D eigenvalue weighted by Gasteiger charge is -2.29. The van der Waals surface area contributed by atoms with E-state index in [4.69, 9.17) is 4.74 Å². The van der Waals surface area contributed by atoms with Crippen LogP contribution in [0.15, 0.2) is 42.6 Å². The molecule has 0 spiro atoms. The van der Waals surface area contributed by atoms with Gasteiger partial charge >= 0.3 is 5.92 Å². The molecule has 2 N–H and O–H groups in total. The van der Waals surface area contributed by atoms with E-state index in [0.29, 0.717) is 18.7 Å². The van der Waals surface area contributed by atoms with Gasteiger partial charge in [-0.25, -0.2) is 8.78 Å². The molecule has 1 amide bonds. The summed E-state index contributed by atoms with van der Waals surface area (Å²) in [5.74, 6) is -6.48. The molecule has 1 heterocycles. The standard InChI is InChI=1S/C20H19F4N3O2/c1-3-16(26-19(28)20(2,23)24)18(11-6-13(21)9-14(22)7-11)29-15-4-5-17-12(8-15)10-25-27-17/h4-10,16,18H,3H2,1-2H3,(H,25,27)(H,26,28)/t16-,18+/m0/s1. The fourth-order valence-electron chi connectivity index (χ4n) is 2.95. The summed E-state index contributed by atoms with van der Waals surface area (Å²) in [5.41, 5.74) is 0.818. The number of nitrogens with zero attached hydrogens (tertiary/aromatic N) is 1. The molecule has 29 heavy (non-hydrogen) atoms. The van der Waals surface area contributed by atoms with Crippen LogP contribution in [0.4, 0.5) is 17.6 Å². The van der Waals surface area contributed by atoms with E-state index in [1.807, 2.05) is 0 Å². The minimum Gasteiger partial charge on any atom is -0.484 e. The monoisotopic (exact) mass is 409 g/mol. The van der Waals surface area contributed by atoms with Crippen molar-refractivity contribution in [2.24, 2.45) is 0 Å². The molecule has 0 unspecified atom stereocenters. The first kappa shape index (κ1) is 20.6. The maximum Gasteiger partial charge on any atom is 0.321 e. The maximum atomic E-state index is 13.8. The van der Waals surface area contributed by atoms with Crippen LogP contribution in [0, 0.1) is 11.6 Å². The molecular formula is C20H19F4N3O2. The summed E-state index contributed by atoms with van der Waals surface area (Å²) in [5, 5.41) is 9.62. The van der Waals surface area contributed by atoms with Crippen LogP contribution in [0.25, 0.3) is 10.9 Å². The van der Waals surface area contributed by atoms with Crippen LogP contribution in [0.2, 0.25) is 0 Å². The number of aromatic amines is 1. The summed E-state index contributed by atoms with van der Waals surface area (Å²) in [6, 6.07) is 6.76. The van der Waals surface area contributed by atoms with E-state index in [2.05, 4.69) is 15.5 Å². The van der Waals surface area contributed by atoms with Gasteiger partial charge in [-0.05, 0) is 36.8 Å². The molecule has 0 radical (unpaired) electrons. The number of hydrogen-bond donors (Lipinski definition) is 2. The van der Waals surface area contributed by atoms with Crippen LogP contribution in [0.3, 0.4) is 0 Å². The van der Waals surface area contributed by atoms with Crippen LogP contribution in [-0.2, 0) is 4.79 Å². The first-order chi connectivity index (χ1) is 13.7. The number of aromatic nitrogens is 2. The number of rotatable bonds is 7. The Labute approximate surface area is 164 Å². The molecule has 0 aliphatic rings. The minimum atomic E-state index is -3.61. The van der Waals surface area contributed by atoms with Gasteiger partial charge in [-0.15, -0.1) is 0 Å². The van der Waals surface area contributed by atoms with Crippen molar-refractivity contribution < 1.29 is 27.1 Å². The zero-order valence-corrected chi connectivity index (χ0v) is 15.7. The molecule has 2 atom stereocenters. The average Bonchev–Trinajstić information content (AvgIpc) is 3.10. The molecule has 3 rings (SSSR count). The number of alkyl halides is 2. The molecule has 154 valence electrons. The van der Waals surface area contributed by atoms with Gasteiger partial charge in [0.1, 0.15) is 23.5 Å². The number of ether oxygens (including phenoxy) is 1. The molecule has 2 aromatic carbocycles. The van der Waals surface area contributed by atoms with Gasteiger partial charge in [0.05, 0.1) is 17.8 Å². The van der Waals surface area contributed by atoms with Crippen molar-refractivity contribution in [3.05, 3.63) is 59.8 Å². The number of carbonyl (C=O) groups excluding carboxylic acids is 1. The first-order valence-corrected chi connectivity index (χ1v) is 8.92. The Morgan fingerprint density at radius 3 is 2.52 bits per heavy atom. The molecular weight excluding hydrogens is 390 g/mol. The Balaban J connectivity index is 1.98. The van der Waals surface area contributed by atoms with Gasteiger partial charge in [0.15, 0.2) is 0 Å². The van der Waals surface area contributed by atoms with Crippen molar-refractivity contribution in [2.45, 2.75) is 38.3 Å². The normalized spacial score (nSPS) is 13.9. The second kappa shape index (κ2) is 8.10. The summed E-state index contributed by atoms with van der Waals surface area (Å²) in [6.45, 7) is 2.11. The predicted octanol–water partition coefficient (Wildman–Crippen LogP) is 4.51. The summed E-state index contributed by atoms with van der Waals surface area (Å²) < 4.78 is 60.3. The van der Waals surface area contributed by atoms with Crippen molar-refractivity contribution in [2.75, 3.05) is 0 Å². The zero-order valence-electron chi connectivity index (χ0n) is 15.7. The third kappa shape index (κ3) is 4.85. The molecule has 0 saturated carbocycles. The number of carbonyl (C=O) groups is 1. The SMILES string of the molecule is CC[C@H](NC(=O)C(C)(F)F)[C@H](Oc1ccc2[nH]ncc2c1)c1cc(F)cc(F)c1. The molecule has 0 aliphatic heterocycles. The Kier molecular flexibility index (Phi) is 5.76. The smallest absolute Gasteiger partial charge is 0.321 e. The summed E-state index contributed by atoms with van der Waals surface area (Å²) in [4.78, 5) is 11.8. The van der Waals surface area contributed by atoms with Gasteiger partial charge in [-0.3, -0.25) is 9.89 Å². The summed E-state index contributed by atoms with van der Waals surface area (Å²) >= 11 is 0. The lowest BCUT2D eigenvalue weighted by molar-refractivity contribution is -0.144. The molecule has 1 aromatic heterocycles. The van der Waals surface area contributed by atoms with E-state index in [1.54, 1.807) is 31.3 Å². The fourth-order valence-corrected chi connectivity index (χ4v) is 2.95. The molecule has 0 aliphatic carbocycles. The van der Waals surface area contributed by atoms with Gasteiger partial charge in [-0.1, -0.05) is 6.92 Å². The second-order valence-electron chi connectivity index (χ2n) is 6.74. The first-order valence-electron chi connectivity index (χ1n) is 8.92. The van der Waals surface area contributed by atoms with Crippen molar-refractivity contribution in [1.82, 2.24) is 15.5 Å². The van der Waals surface area contributed by atoms with E-state index in [0.717, 1.165) is 23.0 Å². The van der Waals surface area contributed by atoms with Crippen LogP contribution in [0.5, 0.6) is 5.75 Å². The number of fused-ring (bicyclic) bond motifs is 1. The number of hydrogen-bond acceptors (Lipinski definition) is 3. The number of benzene rings is 2. The Morgan fingerprint density at radius 2 is 1.90 bits per heavy atom. The molecule has 0 bridgehead atoms. The number of H-pyrrole nitrogens is 1. The van der Waals surface area contributed by atoms with Crippen molar-refractivity contribution in [3.8, 4) is 5.75 Å². The van der Waals surface area contributed by atoms with Gasteiger partial charge in [0.2, 0.25) is 0 Å². The van der Waals surface area contributed by atoms with Gasteiger partial charge < -0.3 is 10.1 Å². The van der Waals surface area contributed by atoms with E-state index in [9.17, 15) is 22.4 Å². The average molecular weight is 409 g/mol. The minimum absolute atomic E-state index is 0.0707. The van der Waals surface area contributed by atoms with Crippen LogP contribution < -0.4 is 10.1 Å². The largest absolute Gasteiger partial charge is 0.484 e. The molecule has 0 saturated heterocycles. The van der Waals surface area contributed by atoms with Crippen LogP contribution >= 0.6 is 0 Å². The van der Waals surface area contributed by atoms with Crippen LogP contribution in [-0.4, -0.2) is 28.1 Å². The molecule has 3 aromatic rings. The highest BCUT2D eigenvalue weighted by molar-refractivity contribution is 5.83. The third-order valence-electron chi connectivity index (χ3n) is 4.41. The molecule has 0 fully saturated rings. The van der Waals surface area contributed by atoms with E-state index < -0.39 is 35.6 Å². The highest BCUT2D eigenvalue weighted by atomic mass is 19.3. The quantitative estimate of drug-likeness (QED) is 0.564. The van der Waals surface area contributed by atoms with Crippen molar-refractivity contribution in [1.29, 1.82) is 0 Å². The molecule has 5 nitrogen and oxygen atoms in total. The highest BCUT2D eigenvalue weighted by Crippen LogP contribution is 2.30. The summed E-state index contributed by atoms with van der Waals surface area (Å²) in [6.07, 6.45) is 0.634. The number of amides is 1. The van der Waals surface area contributed by atoms with E-state index in [-0.39, 0.29) is 12.0 Å². The predicted molar refractivity (Wildman–Crippen MR) is 98.7 cm³/mol. The van der Waals surface area contributed by atoms with Gasteiger partial charge in [-0.2, -0.15) is 13.9 Å². The van der Waals surface area contributed by atoms with Gasteiger partial charge in [0, 0.05) is 23.9 Å². The zero-order chi connectivity index (χ0) is 21.2. The van der Waals surface area contributed by atoms with Crippen molar-refractivity contribution in [3.63, 3.8) is 0 Å². The second-order valence-corrected chi connectivity index (χ2v) is 6.74. The fraction of sp³-hybridized carbons (Fsp3) is 0.300. The maximum absolute atomic E-state index is 13.8. The topological polar surface area (TPSA) is 67.0 Å². The van der Waals surface area contributed by atoms with Crippen molar-refractivity contribution >= 4 is 16.8 Å². The Bertz CT molecular complexity index is 996. The Morgan fingerprint density at radius 1 is 1.21 bits per heavy atom. The van der Waals surface area contributed by atoms with Gasteiger partial charge in [0.25, 0.3) is 5.91 Å².